The Bertz CT molecular complexity index is 631. The normalized spacial score (nSPS) is 29.4. The quantitative estimate of drug-likeness (QED) is 0.816. The third kappa shape index (κ3) is 3.73. The number of hydrogen-bond acceptors (Lipinski definition) is 6. The van der Waals surface area contributed by atoms with Crippen molar-refractivity contribution in [3.63, 3.8) is 0 Å². The minimum absolute atomic E-state index is 0.137. The molecule has 138 valence electrons. The van der Waals surface area contributed by atoms with Crippen LogP contribution in [0.3, 0.4) is 0 Å². The summed E-state index contributed by atoms with van der Waals surface area (Å²) in [6.45, 7) is 8.11. The molecule has 0 aromatic carbocycles. The van der Waals surface area contributed by atoms with Crippen molar-refractivity contribution in [2.24, 2.45) is 5.92 Å². The Labute approximate surface area is 154 Å². The van der Waals surface area contributed by atoms with Gasteiger partial charge in [-0.2, -0.15) is 0 Å². The molecule has 6 nitrogen and oxygen atoms in total. The molecule has 0 bridgehead atoms. The van der Waals surface area contributed by atoms with Gasteiger partial charge in [-0.05, 0) is 57.1 Å². The van der Waals surface area contributed by atoms with E-state index < -0.39 is 0 Å². The van der Waals surface area contributed by atoms with Crippen molar-refractivity contribution in [2.75, 3.05) is 39.8 Å². The molecular weight excluding hydrogens is 334 g/mol. The van der Waals surface area contributed by atoms with Gasteiger partial charge in [-0.15, -0.1) is 5.10 Å². The van der Waals surface area contributed by atoms with Crippen LogP contribution in [0.5, 0.6) is 0 Å². The first kappa shape index (κ1) is 17.4. The smallest absolute Gasteiger partial charge is 0.222 e. The number of likely N-dealkylation sites (tertiary alicyclic amines) is 1. The first-order chi connectivity index (χ1) is 12.1. The second kappa shape index (κ2) is 6.93. The molecule has 1 aromatic rings. The van der Waals surface area contributed by atoms with Gasteiger partial charge in [-0.1, -0.05) is 4.49 Å². The van der Waals surface area contributed by atoms with E-state index in [9.17, 15) is 4.79 Å². The molecule has 3 fully saturated rings. The lowest BCUT2D eigenvalue weighted by molar-refractivity contribution is -0.131. The Kier molecular flexibility index (Phi) is 4.81. The van der Waals surface area contributed by atoms with Crippen LogP contribution in [0.4, 0.5) is 0 Å². The molecule has 25 heavy (non-hydrogen) atoms. The summed E-state index contributed by atoms with van der Waals surface area (Å²) in [5.41, 5.74) is 1.20. The maximum Gasteiger partial charge on any atom is 0.222 e. The highest BCUT2D eigenvalue weighted by Crippen LogP contribution is 2.35. The SMILES string of the molecule is Cc1nnsc1CN1CCN(C)[C@]2(CCC(=O)N(CC3CC3)CC2)C1. The van der Waals surface area contributed by atoms with E-state index in [1.165, 1.54) is 29.3 Å². The summed E-state index contributed by atoms with van der Waals surface area (Å²) in [6, 6.07) is 0. The number of hydrogen-bond donors (Lipinski definition) is 0. The molecule has 3 aliphatic rings. The van der Waals surface area contributed by atoms with Crippen molar-refractivity contribution in [1.29, 1.82) is 0 Å². The van der Waals surface area contributed by atoms with Crippen LogP contribution < -0.4 is 0 Å². The summed E-state index contributed by atoms with van der Waals surface area (Å²) < 4.78 is 4.08. The second-order valence-corrected chi connectivity index (χ2v) is 9.01. The molecule has 1 spiro atoms. The van der Waals surface area contributed by atoms with Crippen molar-refractivity contribution in [2.45, 2.75) is 51.1 Å². The Morgan fingerprint density at radius 2 is 2.08 bits per heavy atom. The van der Waals surface area contributed by atoms with Gasteiger partial charge in [0.05, 0.1) is 10.6 Å². The fourth-order valence-corrected chi connectivity index (χ4v) is 4.99. The molecule has 0 unspecified atom stereocenters. The molecular formula is C18H29N5OS. The molecule has 2 aliphatic heterocycles. The monoisotopic (exact) mass is 363 g/mol. The number of aryl methyl sites for hydroxylation is 1. The van der Waals surface area contributed by atoms with Gasteiger partial charge in [0.25, 0.3) is 0 Å². The van der Waals surface area contributed by atoms with E-state index >= 15 is 0 Å². The summed E-state index contributed by atoms with van der Waals surface area (Å²) in [7, 11) is 2.25. The van der Waals surface area contributed by atoms with Gasteiger partial charge >= 0.3 is 0 Å². The number of amides is 1. The van der Waals surface area contributed by atoms with E-state index in [0.717, 1.165) is 63.7 Å². The van der Waals surface area contributed by atoms with Crippen LogP contribution in [0.1, 0.15) is 42.7 Å². The van der Waals surface area contributed by atoms with Crippen molar-refractivity contribution < 1.29 is 4.79 Å². The number of aromatic nitrogens is 2. The molecule has 1 aromatic heterocycles. The third-order valence-electron chi connectivity index (χ3n) is 6.37. The van der Waals surface area contributed by atoms with Crippen LogP contribution in [-0.4, -0.2) is 75.5 Å². The summed E-state index contributed by atoms with van der Waals surface area (Å²) in [6.07, 6.45) is 5.40. The molecule has 4 rings (SSSR count). The Hall–Kier alpha value is -1.05. The lowest BCUT2D eigenvalue weighted by Crippen LogP contribution is -2.60. The fraction of sp³-hybridized carbons (Fsp3) is 0.833. The van der Waals surface area contributed by atoms with Gasteiger partial charge in [0.2, 0.25) is 5.91 Å². The van der Waals surface area contributed by atoms with Gasteiger partial charge < -0.3 is 4.90 Å². The average Bonchev–Trinajstić information content (AvgIpc) is 3.35. The summed E-state index contributed by atoms with van der Waals surface area (Å²) >= 11 is 1.52. The van der Waals surface area contributed by atoms with Crippen LogP contribution in [0.25, 0.3) is 0 Å². The average molecular weight is 364 g/mol. The van der Waals surface area contributed by atoms with Crippen LogP contribution in [-0.2, 0) is 11.3 Å². The lowest BCUT2D eigenvalue weighted by atomic mass is 9.86. The zero-order valence-corrected chi connectivity index (χ0v) is 16.2. The van der Waals surface area contributed by atoms with Crippen LogP contribution in [0, 0.1) is 12.8 Å². The van der Waals surface area contributed by atoms with Crippen molar-refractivity contribution in [3.05, 3.63) is 10.6 Å². The number of nitrogens with zero attached hydrogens (tertiary/aromatic N) is 5. The van der Waals surface area contributed by atoms with Crippen LogP contribution >= 0.6 is 11.5 Å². The van der Waals surface area contributed by atoms with Gasteiger partial charge in [0, 0.05) is 51.2 Å². The van der Waals surface area contributed by atoms with Gasteiger partial charge in [-0.3, -0.25) is 14.6 Å². The standard InChI is InChI=1S/C18H29N5OS/c1-14-16(25-20-19-14)12-22-10-9-21(2)18(13-22)6-5-17(24)23(8-7-18)11-15-3-4-15/h15H,3-13H2,1-2H3/t18-/m0/s1. The van der Waals surface area contributed by atoms with E-state index in [1.807, 2.05) is 6.92 Å². The van der Waals surface area contributed by atoms with Gasteiger partial charge in [-0.25, -0.2) is 0 Å². The summed E-state index contributed by atoms with van der Waals surface area (Å²) in [5, 5.41) is 4.15. The molecule has 0 radical (unpaired) electrons. The number of carbonyl (C=O) groups excluding carboxylic acids is 1. The number of carbonyl (C=O) groups is 1. The molecule has 1 aliphatic carbocycles. The van der Waals surface area contributed by atoms with Gasteiger partial charge in [0.15, 0.2) is 0 Å². The molecule has 1 amide bonds. The third-order valence-corrected chi connectivity index (χ3v) is 7.18. The predicted octanol–water partition coefficient (Wildman–Crippen LogP) is 1.76. The molecule has 1 atom stereocenters. The fourth-order valence-electron chi connectivity index (χ4n) is 4.31. The Morgan fingerprint density at radius 3 is 2.80 bits per heavy atom. The zero-order chi connectivity index (χ0) is 17.4. The van der Waals surface area contributed by atoms with Gasteiger partial charge in [0.1, 0.15) is 0 Å². The summed E-state index contributed by atoms with van der Waals surface area (Å²) in [5.74, 6) is 1.15. The Balaban J connectivity index is 1.44. The highest BCUT2D eigenvalue weighted by atomic mass is 32.1. The van der Waals surface area contributed by atoms with E-state index in [2.05, 4.69) is 31.3 Å². The molecule has 2 saturated heterocycles. The first-order valence-electron chi connectivity index (χ1n) is 9.55. The van der Waals surface area contributed by atoms with E-state index in [0.29, 0.717) is 12.3 Å². The lowest BCUT2D eigenvalue weighted by Gasteiger charge is -2.49. The van der Waals surface area contributed by atoms with Crippen molar-refractivity contribution in [1.82, 2.24) is 24.3 Å². The first-order valence-corrected chi connectivity index (χ1v) is 10.3. The topological polar surface area (TPSA) is 52.6 Å². The zero-order valence-electron chi connectivity index (χ0n) is 15.4. The van der Waals surface area contributed by atoms with Crippen LogP contribution in [0.2, 0.25) is 0 Å². The molecule has 7 heteroatoms. The highest BCUT2D eigenvalue weighted by Gasteiger charge is 2.42. The van der Waals surface area contributed by atoms with E-state index in [1.54, 1.807) is 0 Å². The number of likely N-dealkylation sites (N-methyl/N-ethyl adjacent to an activating group) is 1. The van der Waals surface area contributed by atoms with E-state index in [4.69, 9.17) is 0 Å². The van der Waals surface area contributed by atoms with Crippen molar-refractivity contribution >= 4 is 17.4 Å². The summed E-state index contributed by atoms with van der Waals surface area (Å²) in [4.78, 5) is 21.1. The molecule has 0 N–H and O–H groups in total. The highest BCUT2D eigenvalue weighted by molar-refractivity contribution is 7.05. The number of rotatable bonds is 4. The maximum absolute atomic E-state index is 12.6. The largest absolute Gasteiger partial charge is 0.342 e. The number of piperazine rings is 1. The predicted molar refractivity (Wildman–Crippen MR) is 98.4 cm³/mol. The minimum atomic E-state index is 0.137. The molecule has 3 heterocycles. The Morgan fingerprint density at radius 1 is 1.24 bits per heavy atom. The maximum atomic E-state index is 12.6. The second-order valence-electron chi connectivity index (χ2n) is 8.17. The van der Waals surface area contributed by atoms with Crippen molar-refractivity contribution in [3.8, 4) is 0 Å². The van der Waals surface area contributed by atoms with Crippen LogP contribution in [0.15, 0.2) is 0 Å². The van der Waals surface area contributed by atoms with E-state index in [-0.39, 0.29) is 5.54 Å². The minimum Gasteiger partial charge on any atom is -0.342 e. The molecule has 1 saturated carbocycles.